The Morgan fingerprint density at radius 2 is 1.62 bits per heavy atom. The van der Waals surface area contributed by atoms with Gasteiger partial charge in [0, 0.05) is 36.2 Å². The summed E-state index contributed by atoms with van der Waals surface area (Å²) in [5.41, 5.74) is 0.971. The Hall–Kier alpha value is -1.28. The highest BCUT2D eigenvalue weighted by molar-refractivity contribution is 9.10. The van der Waals surface area contributed by atoms with Gasteiger partial charge in [0.15, 0.2) is 0 Å². The predicted octanol–water partition coefficient (Wildman–Crippen LogP) is 3.13. The molecule has 0 N–H and O–H groups in total. The van der Waals surface area contributed by atoms with Gasteiger partial charge in [-0.3, -0.25) is 0 Å². The van der Waals surface area contributed by atoms with Crippen LogP contribution in [0.4, 0.5) is 0 Å². The van der Waals surface area contributed by atoms with Gasteiger partial charge in [-0.1, -0.05) is 58.5 Å². The fraction of sp³-hybridized carbons (Fsp3) is 0.235. The molecule has 0 radical (unpaired) electrons. The van der Waals surface area contributed by atoms with Gasteiger partial charge in [-0.15, -0.1) is 0 Å². The molecule has 1 heterocycles. The van der Waals surface area contributed by atoms with Gasteiger partial charge in [-0.2, -0.15) is 4.31 Å². The summed E-state index contributed by atoms with van der Waals surface area (Å²) in [6, 6.07) is 16.4. The second-order valence-electron chi connectivity index (χ2n) is 5.52. The minimum absolute atomic E-state index is 0.341. The molecule has 1 aliphatic rings. The molecule has 4 nitrogen and oxygen atoms in total. The second kappa shape index (κ2) is 7.31. The summed E-state index contributed by atoms with van der Waals surface area (Å²) in [5.74, 6) is 0. The van der Waals surface area contributed by atoms with Crippen LogP contribution >= 0.6 is 28.1 Å². The smallest absolute Gasteiger partial charge is 0.243 e. The van der Waals surface area contributed by atoms with Crippen LogP contribution in [0.3, 0.4) is 0 Å². The van der Waals surface area contributed by atoms with E-state index in [1.165, 1.54) is 4.31 Å². The van der Waals surface area contributed by atoms with Crippen LogP contribution in [0.5, 0.6) is 0 Å². The van der Waals surface area contributed by atoms with Gasteiger partial charge in [-0.25, -0.2) is 8.42 Å². The summed E-state index contributed by atoms with van der Waals surface area (Å²) < 4.78 is 27.8. The molecule has 0 spiro atoms. The van der Waals surface area contributed by atoms with Crippen molar-refractivity contribution in [3.05, 3.63) is 64.6 Å². The molecule has 0 saturated carbocycles. The van der Waals surface area contributed by atoms with Crippen molar-refractivity contribution in [3.63, 3.8) is 0 Å². The zero-order chi connectivity index (χ0) is 17.2. The number of halogens is 1. The Kier molecular flexibility index (Phi) is 5.34. The van der Waals surface area contributed by atoms with Crippen molar-refractivity contribution >= 4 is 43.2 Å². The van der Waals surface area contributed by atoms with E-state index < -0.39 is 10.0 Å². The maximum absolute atomic E-state index is 12.6. The molecule has 126 valence electrons. The van der Waals surface area contributed by atoms with E-state index in [0.29, 0.717) is 31.1 Å². The molecule has 0 atom stereocenters. The van der Waals surface area contributed by atoms with Gasteiger partial charge < -0.3 is 4.90 Å². The van der Waals surface area contributed by atoms with Crippen LogP contribution in [0.2, 0.25) is 0 Å². The number of sulfonamides is 1. The van der Waals surface area contributed by atoms with Gasteiger partial charge >= 0.3 is 0 Å². The molecular weight excluding hydrogens is 408 g/mol. The molecule has 0 bridgehead atoms. The molecule has 7 heteroatoms. The zero-order valence-electron chi connectivity index (χ0n) is 12.9. The molecule has 1 aliphatic heterocycles. The average molecular weight is 425 g/mol. The van der Waals surface area contributed by atoms with Crippen LogP contribution in [0.1, 0.15) is 5.56 Å². The highest BCUT2D eigenvalue weighted by atomic mass is 79.9. The SMILES string of the molecule is O=S(=O)(c1ccccc1)N1CCN(C(=S)c2cccc(Br)c2)CC1. The maximum atomic E-state index is 12.6. The fourth-order valence-electron chi connectivity index (χ4n) is 2.68. The third kappa shape index (κ3) is 3.69. The van der Waals surface area contributed by atoms with Crippen molar-refractivity contribution in [2.45, 2.75) is 4.90 Å². The first-order valence-corrected chi connectivity index (χ1v) is 10.2. The van der Waals surface area contributed by atoms with E-state index in [-0.39, 0.29) is 0 Å². The molecule has 0 amide bonds. The van der Waals surface area contributed by atoms with E-state index in [0.717, 1.165) is 15.0 Å². The predicted molar refractivity (Wildman–Crippen MR) is 103 cm³/mol. The zero-order valence-corrected chi connectivity index (χ0v) is 16.1. The van der Waals surface area contributed by atoms with Gasteiger partial charge in [0.1, 0.15) is 4.99 Å². The van der Waals surface area contributed by atoms with Crippen molar-refractivity contribution in [2.75, 3.05) is 26.2 Å². The summed E-state index contributed by atoms with van der Waals surface area (Å²) in [6.07, 6.45) is 0. The van der Waals surface area contributed by atoms with E-state index in [1.54, 1.807) is 24.3 Å². The number of thiocarbonyl (C=S) groups is 1. The van der Waals surface area contributed by atoms with E-state index in [2.05, 4.69) is 20.8 Å². The van der Waals surface area contributed by atoms with Crippen molar-refractivity contribution in [1.82, 2.24) is 9.21 Å². The molecule has 3 rings (SSSR count). The lowest BCUT2D eigenvalue weighted by molar-refractivity contribution is 0.269. The normalized spacial score (nSPS) is 16.1. The maximum Gasteiger partial charge on any atom is 0.243 e. The van der Waals surface area contributed by atoms with Gasteiger partial charge in [0.2, 0.25) is 10.0 Å². The molecule has 0 aliphatic carbocycles. The molecule has 24 heavy (non-hydrogen) atoms. The summed E-state index contributed by atoms with van der Waals surface area (Å²) in [7, 11) is -3.43. The minimum Gasteiger partial charge on any atom is -0.360 e. The van der Waals surface area contributed by atoms with Crippen LogP contribution in [0.15, 0.2) is 64.0 Å². The van der Waals surface area contributed by atoms with Crippen molar-refractivity contribution in [2.24, 2.45) is 0 Å². The Balaban J connectivity index is 1.69. The monoisotopic (exact) mass is 424 g/mol. The van der Waals surface area contributed by atoms with Crippen LogP contribution in [0, 0.1) is 0 Å². The third-order valence-electron chi connectivity index (χ3n) is 3.98. The lowest BCUT2D eigenvalue weighted by Gasteiger charge is -2.35. The highest BCUT2D eigenvalue weighted by Gasteiger charge is 2.29. The van der Waals surface area contributed by atoms with Crippen LogP contribution in [0.25, 0.3) is 0 Å². The Bertz CT molecular complexity index is 833. The van der Waals surface area contributed by atoms with E-state index >= 15 is 0 Å². The first-order chi connectivity index (χ1) is 11.5. The number of rotatable bonds is 3. The first-order valence-electron chi connectivity index (χ1n) is 7.58. The average Bonchev–Trinajstić information content (AvgIpc) is 2.62. The van der Waals surface area contributed by atoms with Crippen LogP contribution in [-0.4, -0.2) is 48.8 Å². The van der Waals surface area contributed by atoms with Crippen LogP contribution in [-0.2, 0) is 10.0 Å². The standard InChI is InChI=1S/C17H17BrN2O2S2/c18-15-6-4-5-14(13-15)17(23)19-9-11-20(12-10-19)24(21,22)16-7-2-1-3-8-16/h1-8,13H,9-12H2. The number of benzene rings is 2. The molecule has 1 saturated heterocycles. The van der Waals surface area contributed by atoms with Crippen molar-refractivity contribution in [3.8, 4) is 0 Å². The summed E-state index contributed by atoms with van der Waals surface area (Å²) in [5, 5.41) is 0. The third-order valence-corrected chi connectivity index (χ3v) is 6.88. The van der Waals surface area contributed by atoms with E-state index in [4.69, 9.17) is 12.2 Å². The molecule has 0 aromatic heterocycles. The first kappa shape index (κ1) is 17.5. The topological polar surface area (TPSA) is 40.6 Å². The summed E-state index contributed by atoms with van der Waals surface area (Å²) in [4.78, 5) is 3.16. The Labute approximate surface area is 156 Å². The van der Waals surface area contributed by atoms with Gasteiger partial charge in [0.05, 0.1) is 4.90 Å². The Morgan fingerprint density at radius 3 is 2.25 bits per heavy atom. The molecule has 2 aromatic carbocycles. The number of nitrogens with zero attached hydrogens (tertiary/aromatic N) is 2. The van der Waals surface area contributed by atoms with Gasteiger partial charge in [-0.05, 0) is 24.3 Å². The largest absolute Gasteiger partial charge is 0.360 e. The Morgan fingerprint density at radius 1 is 0.958 bits per heavy atom. The minimum atomic E-state index is -3.43. The lowest BCUT2D eigenvalue weighted by atomic mass is 10.2. The highest BCUT2D eigenvalue weighted by Crippen LogP contribution is 2.19. The summed E-state index contributed by atoms with van der Waals surface area (Å²) in [6.45, 7) is 2.06. The number of hydrogen-bond donors (Lipinski definition) is 0. The number of hydrogen-bond acceptors (Lipinski definition) is 3. The van der Waals surface area contributed by atoms with Crippen molar-refractivity contribution < 1.29 is 8.42 Å². The molecule has 2 aromatic rings. The fourth-order valence-corrected chi connectivity index (χ4v) is 4.83. The molecule has 1 fully saturated rings. The van der Waals surface area contributed by atoms with Crippen molar-refractivity contribution in [1.29, 1.82) is 0 Å². The molecule has 0 unspecified atom stereocenters. The number of piperazine rings is 1. The second-order valence-corrected chi connectivity index (χ2v) is 8.76. The molecular formula is C17H17BrN2O2S2. The van der Waals surface area contributed by atoms with Gasteiger partial charge in [0.25, 0.3) is 0 Å². The quantitative estimate of drug-likeness (QED) is 0.709. The van der Waals surface area contributed by atoms with E-state index in [9.17, 15) is 8.42 Å². The summed E-state index contributed by atoms with van der Waals surface area (Å²) >= 11 is 9.01. The van der Waals surface area contributed by atoms with Crippen LogP contribution < -0.4 is 0 Å². The van der Waals surface area contributed by atoms with E-state index in [1.807, 2.05) is 30.3 Å². The lowest BCUT2D eigenvalue weighted by Crippen LogP contribution is -2.50.